The number of ether oxygens (including phenoxy) is 1. The Labute approximate surface area is 110 Å². The second-order valence-electron chi connectivity index (χ2n) is 4.89. The molecule has 0 spiro atoms. The lowest BCUT2D eigenvalue weighted by Crippen LogP contribution is -1.99. The number of carbonyl (C=O) groups excluding carboxylic acids is 2. The van der Waals surface area contributed by atoms with E-state index in [4.69, 9.17) is 0 Å². The highest BCUT2D eigenvalue weighted by atomic mass is 16.5. The molecular weight excluding hydrogens is 228 g/mol. The zero-order valence-corrected chi connectivity index (χ0v) is 11.4. The molecule has 0 aromatic heterocycles. The predicted molar refractivity (Wildman–Crippen MR) is 71.3 cm³/mol. The molecule has 3 nitrogen and oxygen atoms in total. The Morgan fingerprint density at radius 2 is 1.83 bits per heavy atom. The number of ketones is 1. The minimum Gasteiger partial charge on any atom is -0.469 e. The Kier molecular flexibility index (Phi) is 7.38. The Morgan fingerprint density at radius 1 is 1.17 bits per heavy atom. The molecule has 0 fully saturated rings. The molecule has 0 aromatic rings. The summed E-state index contributed by atoms with van der Waals surface area (Å²) in [4.78, 5) is 22.2. The van der Waals surface area contributed by atoms with E-state index in [0.29, 0.717) is 12.2 Å². The molecule has 18 heavy (non-hydrogen) atoms. The van der Waals surface area contributed by atoms with E-state index in [9.17, 15) is 9.59 Å². The van der Waals surface area contributed by atoms with Crippen molar-refractivity contribution >= 4 is 11.8 Å². The van der Waals surface area contributed by atoms with Crippen LogP contribution in [0.1, 0.15) is 64.2 Å². The second-order valence-corrected chi connectivity index (χ2v) is 4.89. The summed E-state index contributed by atoms with van der Waals surface area (Å²) < 4.78 is 4.59. The summed E-state index contributed by atoms with van der Waals surface area (Å²) in [7, 11) is 1.43. The van der Waals surface area contributed by atoms with Crippen LogP contribution in [0.2, 0.25) is 0 Å². The van der Waals surface area contributed by atoms with E-state index < -0.39 is 0 Å². The normalized spacial score (nSPS) is 14.7. The van der Waals surface area contributed by atoms with Crippen LogP contribution < -0.4 is 0 Å². The van der Waals surface area contributed by atoms with Crippen molar-refractivity contribution in [3.05, 3.63) is 11.6 Å². The standard InChI is InChI=1S/C15H24O3/c1-18-15(17)12-7-5-3-2-4-6-9-13-10-8-11-14(13)16/h10H,2-9,11-12H2,1H3. The van der Waals surface area contributed by atoms with Crippen LogP contribution in [-0.4, -0.2) is 18.9 Å². The van der Waals surface area contributed by atoms with Gasteiger partial charge in [-0.1, -0.05) is 31.8 Å². The maximum atomic E-state index is 11.4. The first-order valence-corrected chi connectivity index (χ1v) is 7.03. The summed E-state index contributed by atoms with van der Waals surface area (Å²) in [5.41, 5.74) is 1.06. The zero-order chi connectivity index (χ0) is 13.2. The van der Waals surface area contributed by atoms with Gasteiger partial charge in [0.15, 0.2) is 5.78 Å². The fourth-order valence-electron chi connectivity index (χ4n) is 2.29. The number of hydrogen-bond donors (Lipinski definition) is 0. The Hall–Kier alpha value is -1.12. The van der Waals surface area contributed by atoms with Crippen molar-refractivity contribution in [2.45, 2.75) is 64.2 Å². The summed E-state index contributed by atoms with van der Waals surface area (Å²) in [6.45, 7) is 0. The molecule has 0 heterocycles. The molecule has 0 amide bonds. The van der Waals surface area contributed by atoms with Gasteiger partial charge in [0.2, 0.25) is 0 Å². The van der Waals surface area contributed by atoms with Crippen molar-refractivity contribution in [1.29, 1.82) is 0 Å². The second kappa shape index (κ2) is 8.90. The van der Waals surface area contributed by atoms with E-state index in [1.54, 1.807) is 0 Å². The third-order valence-corrected chi connectivity index (χ3v) is 3.42. The van der Waals surface area contributed by atoms with Gasteiger partial charge in [0, 0.05) is 12.8 Å². The molecule has 0 N–H and O–H groups in total. The van der Waals surface area contributed by atoms with Gasteiger partial charge in [-0.15, -0.1) is 0 Å². The zero-order valence-electron chi connectivity index (χ0n) is 11.4. The molecule has 1 rings (SSSR count). The maximum Gasteiger partial charge on any atom is 0.305 e. The first-order valence-electron chi connectivity index (χ1n) is 7.03. The third kappa shape index (κ3) is 5.99. The van der Waals surface area contributed by atoms with Crippen LogP contribution in [-0.2, 0) is 14.3 Å². The molecule has 0 saturated carbocycles. The Bertz CT molecular complexity index is 305. The third-order valence-electron chi connectivity index (χ3n) is 3.42. The largest absolute Gasteiger partial charge is 0.469 e. The average molecular weight is 252 g/mol. The minimum atomic E-state index is -0.110. The van der Waals surface area contributed by atoms with Crippen LogP contribution in [0.15, 0.2) is 11.6 Å². The highest BCUT2D eigenvalue weighted by Gasteiger charge is 2.13. The molecule has 0 unspecified atom stereocenters. The Morgan fingerprint density at radius 3 is 2.44 bits per heavy atom. The fraction of sp³-hybridized carbons (Fsp3) is 0.733. The number of methoxy groups -OCH3 is 1. The molecule has 0 saturated heterocycles. The van der Waals surface area contributed by atoms with Gasteiger partial charge in [-0.2, -0.15) is 0 Å². The summed E-state index contributed by atoms with van der Waals surface area (Å²) in [5.74, 6) is 0.245. The van der Waals surface area contributed by atoms with Crippen molar-refractivity contribution in [2.24, 2.45) is 0 Å². The van der Waals surface area contributed by atoms with Crippen LogP contribution in [0.25, 0.3) is 0 Å². The van der Waals surface area contributed by atoms with Crippen molar-refractivity contribution < 1.29 is 14.3 Å². The topological polar surface area (TPSA) is 43.4 Å². The van der Waals surface area contributed by atoms with Crippen LogP contribution in [0.4, 0.5) is 0 Å². The molecule has 1 aliphatic carbocycles. The molecule has 0 radical (unpaired) electrons. The molecule has 3 heteroatoms. The molecule has 102 valence electrons. The van der Waals surface area contributed by atoms with E-state index in [2.05, 4.69) is 10.8 Å². The van der Waals surface area contributed by atoms with E-state index in [1.165, 1.54) is 26.4 Å². The van der Waals surface area contributed by atoms with Crippen LogP contribution >= 0.6 is 0 Å². The van der Waals surface area contributed by atoms with Gasteiger partial charge in [0.25, 0.3) is 0 Å². The van der Waals surface area contributed by atoms with E-state index in [0.717, 1.165) is 44.1 Å². The van der Waals surface area contributed by atoms with Crippen molar-refractivity contribution in [2.75, 3.05) is 7.11 Å². The number of esters is 1. The summed E-state index contributed by atoms with van der Waals surface area (Å²) in [5, 5.41) is 0. The fourth-order valence-corrected chi connectivity index (χ4v) is 2.29. The predicted octanol–water partition coefficient (Wildman–Crippen LogP) is 3.57. The lowest BCUT2D eigenvalue weighted by atomic mass is 10.0. The average Bonchev–Trinajstić information content (AvgIpc) is 2.78. The van der Waals surface area contributed by atoms with Gasteiger partial charge in [-0.05, 0) is 31.3 Å². The lowest BCUT2D eigenvalue weighted by Gasteiger charge is -2.02. The van der Waals surface area contributed by atoms with Crippen molar-refractivity contribution in [1.82, 2.24) is 0 Å². The highest BCUT2D eigenvalue weighted by Crippen LogP contribution is 2.20. The smallest absolute Gasteiger partial charge is 0.305 e. The molecule has 0 aromatic carbocycles. The SMILES string of the molecule is COC(=O)CCCCCCCCC1=CCCC1=O. The van der Waals surface area contributed by atoms with Gasteiger partial charge in [0.05, 0.1) is 7.11 Å². The molecule has 0 bridgehead atoms. The molecule has 1 aliphatic rings. The van der Waals surface area contributed by atoms with Gasteiger partial charge in [-0.25, -0.2) is 0 Å². The van der Waals surface area contributed by atoms with Crippen molar-refractivity contribution in [3.63, 3.8) is 0 Å². The first kappa shape index (κ1) is 14.9. The number of unbranched alkanes of at least 4 members (excludes halogenated alkanes) is 5. The first-order chi connectivity index (χ1) is 8.74. The summed E-state index contributed by atoms with van der Waals surface area (Å²) in [6.07, 6.45) is 12.0. The number of Topliss-reactive ketones (excluding diaryl/α,β-unsaturated/α-hetero) is 1. The van der Waals surface area contributed by atoms with Gasteiger partial charge < -0.3 is 4.74 Å². The highest BCUT2D eigenvalue weighted by molar-refractivity contribution is 5.97. The van der Waals surface area contributed by atoms with E-state index in [-0.39, 0.29) is 5.97 Å². The van der Waals surface area contributed by atoms with Gasteiger partial charge >= 0.3 is 5.97 Å². The number of rotatable bonds is 9. The quantitative estimate of drug-likeness (QED) is 0.465. The summed E-state index contributed by atoms with van der Waals surface area (Å²) >= 11 is 0. The monoisotopic (exact) mass is 252 g/mol. The molecule has 0 aliphatic heterocycles. The minimum absolute atomic E-state index is 0.110. The Balaban J connectivity index is 1.87. The van der Waals surface area contributed by atoms with E-state index in [1.807, 2.05) is 0 Å². The molecular formula is C15H24O3. The summed E-state index contributed by atoms with van der Waals surface area (Å²) in [6, 6.07) is 0. The van der Waals surface area contributed by atoms with Crippen LogP contribution in [0, 0.1) is 0 Å². The van der Waals surface area contributed by atoms with Gasteiger partial charge in [0.1, 0.15) is 0 Å². The van der Waals surface area contributed by atoms with Crippen LogP contribution in [0.3, 0.4) is 0 Å². The molecule has 0 atom stereocenters. The van der Waals surface area contributed by atoms with Crippen LogP contribution in [0.5, 0.6) is 0 Å². The number of carbonyl (C=O) groups is 2. The number of hydrogen-bond acceptors (Lipinski definition) is 3. The van der Waals surface area contributed by atoms with E-state index >= 15 is 0 Å². The maximum absolute atomic E-state index is 11.4. The number of allylic oxidation sites excluding steroid dienone is 2. The lowest BCUT2D eigenvalue weighted by molar-refractivity contribution is -0.140. The van der Waals surface area contributed by atoms with Gasteiger partial charge in [-0.3, -0.25) is 9.59 Å². The van der Waals surface area contributed by atoms with Crippen molar-refractivity contribution in [3.8, 4) is 0 Å².